The molecule has 0 aromatic heterocycles. The highest BCUT2D eigenvalue weighted by atomic mass is 16.5. The van der Waals surface area contributed by atoms with Crippen molar-refractivity contribution in [2.45, 2.75) is 13.8 Å². The van der Waals surface area contributed by atoms with Crippen molar-refractivity contribution in [3.05, 3.63) is 118 Å². The van der Waals surface area contributed by atoms with Crippen molar-refractivity contribution >= 4 is 0 Å². The van der Waals surface area contributed by atoms with Gasteiger partial charge in [0, 0.05) is 13.2 Å². The maximum atomic E-state index is 7.62. The van der Waals surface area contributed by atoms with Crippen LogP contribution in [0.4, 0.5) is 0 Å². The van der Waals surface area contributed by atoms with Crippen molar-refractivity contribution in [3.8, 4) is 0 Å². The van der Waals surface area contributed by atoms with Gasteiger partial charge in [0.05, 0.1) is 13.2 Å². The lowest BCUT2D eigenvalue weighted by Gasteiger charge is -1.86. The molecule has 0 aliphatic rings. The molecule has 0 aliphatic heterocycles. The summed E-state index contributed by atoms with van der Waals surface area (Å²) in [7, 11) is 0. The van der Waals surface area contributed by atoms with Crippen LogP contribution in [-0.4, -0.2) is 36.6 Å². The van der Waals surface area contributed by atoms with Crippen molar-refractivity contribution in [2.24, 2.45) is 0 Å². The van der Waals surface area contributed by atoms with Crippen LogP contribution in [0.1, 0.15) is 13.8 Å². The predicted octanol–water partition coefficient (Wildman–Crippen LogP) is 7.23. The van der Waals surface area contributed by atoms with Gasteiger partial charge in [0.2, 0.25) is 0 Å². The van der Waals surface area contributed by atoms with E-state index in [0.29, 0.717) is 0 Å². The summed E-state index contributed by atoms with van der Waals surface area (Å²) in [4.78, 5) is 0. The molecule has 27 heavy (non-hydrogen) atoms. The van der Waals surface area contributed by atoms with Gasteiger partial charge in [0.25, 0.3) is 0 Å². The van der Waals surface area contributed by atoms with E-state index in [1.54, 1.807) is 0 Å². The van der Waals surface area contributed by atoms with Gasteiger partial charge in [-0.1, -0.05) is 0 Å². The van der Waals surface area contributed by atoms with Crippen LogP contribution in [0.2, 0.25) is 0 Å². The molecule has 0 unspecified atom stereocenters. The summed E-state index contributed by atoms with van der Waals surface area (Å²) in [6.07, 6.45) is 0. The van der Waals surface area contributed by atoms with Gasteiger partial charge >= 0.3 is 0 Å². The predicted molar refractivity (Wildman–Crippen MR) is 138 cm³/mol. The largest absolute Gasteiger partial charge is 0.394 e. The molecule has 3 heteroatoms. The molecule has 0 atom stereocenters. The molecule has 2 N–H and O–H groups in total. The van der Waals surface area contributed by atoms with Crippen molar-refractivity contribution in [3.63, 3.8) is 0 Å². The van der Waals surface area contributed by atoms with Crippen molar-refractivity contribution < 1.29 is 14.9 Å². The zero-order valence-corrected chi connectivity index (χ0v) is 18.9. The summed E-state index contributed by atoms with van der Waals surface area (Å²) >= 11 is 0. The second kappa shape index (κ2) is 1850. The topological polar surface area (TPSA) is 49.7 Å². The Kier molecular flexibility index (Phi) is 5090. The molecule has 0 aromatic carbocycles. The molecule has 0 radical (unpaired) electrons. The molecule has 3 nitrogen and oxygen atoms in total. The lowest BCUT2D eigenvalue weighted by atomic mass is 10.8. The van der Waals surface area contributed by atoms with Gasteiger partial charge in [-0.3, -0.25) is 0 Å². The Hall–Kier alpha value is -2.46. The monoisotopic (exact) mass is 388 g/mol. The SMILES string of the molecule is C=C.C=C.C=C.C=C.C=C.C=C.C=C.C=C.C=C.CCOCC.OCCO. The maximum absolute atomic E-state index is 7.62. The Morgan fingerprint density at radius 3 is 0.519 bits per heavy atom. The maximum Gasteiger partial charge on any atom is 0.0662 e. The third kappa shape index (κ3) is 37500. The fourth-order valence-corrected chi connectivity index (χ4v) is 0.204. The van der Waals surface area contributed by atoms with Crippen LogP contribution in [-0.2, 0) is 4.74 Å². The minimum Gasteiger partial charge on any atom is -0.394 e. The van der Waals surface area contributed by atoms with E-state index in [4.69, 9.17) is 14.9 Å². The van der Waals surface area contributed by atoms with Gasteiger partial charge in [0.15, 0.2) is 0 Å². The average molecular weight is 389 g/mol. The summed E-state index contributed by atoms with van der Waals surface area (Å²) in [5.74, 6) is 0. The van der Waals surface area contributed by atoms with Crippen LogP contribution in [0.15, 0.2) is 118 Å². The second-order valence-corrected chi connectivity index (χ2v) is 1.23. The molecular formula is C24H52O3. The molecule has 0 amide bonds. The van der Waals surface area contributed by atoms with Crippen molar-refractivity contribution in [1.82, 2.24) is 0 Å². The van der Waals surface area contributed by atoms with Crippen molar-refractivity contribution in [2.75, 3.05) is 26.4 Å². The fraction of sp³-hybridized carbons (Fsp3) is 0.250. The lowest BCUT2D eigenvalue weighted by molar-refractivity contribution is 0.162. The molecule has 0 rings (SSSR count). The number of hydrogen-bond acceptors (Lipinski definition) is 3. The Balaban J connectivity index is -0.0000000120. The van der Waals surface area contributed by atoms with E-state index in [1.807, 2.05) is 13.8 Å². The van der Waals surface area contributed by atoms with E-state index in [9.17, 15) is 0 Å². The van der Waals surface area contributed by atoms with E-state index < -0.39 is 0 Å². The molecule has 0 heterocycles. The van der Waals surface area contributed by atoms with Crippen LogP contribution in [0.3, 0.4) is 0 Å². The van der Waals surface area contributed by atoms with Crippen LogP contribution in [0.5, 0.6) is 0 Å². The Morgan fingerprint density at radius 2 is 0.519 bits per heavy atom. The Morgan fingerprint density at radius 1 is 0.407 bits per heavy atom. The third-order valence-corrected chi connectivity index (χ3v) is 0.508. The number of aliphatic hydroxyl groups excluding tert-OH is 2. The fourth-order valence-electron chi connectivity index (χ4n) is 0.204. The quantitative estimate of drug-likeness (QED) is 0.501. The van der Waals surface area contributed by atoms with Crippen molar-refractivity contribution in [1.29, 1.82) is 0 Å². The molecule has 166 valence electrons. The minimum atomic E-state index is -0.125. The molecule has 0 aliphatic carbocycles. The average Bonchev–Trinajstić information content (AvgIpc) is 2.86. The number of hydrogen-bond donors (Lipinski definition) is 2. The molecular weight excluding hydrogens is 336 g/mol. The number of aliphatic hydroxyl groups is 2. The van der Waals surface area contributed by atoms with Crippen LogP contribution in [0.25, 0.3) is 0 Å². The smallest absolute Gasteiger partial charge is 0.0662 e. The first-order valence-corrected chi connectivity index (χ1v) is 7.62. The van der Waals surface area contributed by atoms with Gasteiger partial charge in [-0.15, -0.1) is 118 Å². The van der Waals surface area contributed by atoms with Gasteiger partial charge < -0.3 is 14.9 Å². The summed E-state index contributed by atoms with van der Waals surface area (Å²) in [5.41, 5.74) is 0. The normalized spacial score (nSPS) is 4.00. The lowest BCUT2D eigenvalue weighted by Crippen LogP contribution is -1.85. The molecule has 0 bridgehead atoms. The highest BCUT2D eigenvalue weighted by molar-refractivity contribution is 4.24. The summed E-state index contributed by atoms with van der Waals surface area (Å²) in [5, 5.41) is 15.2. The van der Waals surface area contributed by atoms with E-state index in [2.05, 4.69) is 118 Å². The second-order valence-electron chi connectivity index (χ2n) is 1.23. The Labute approximate surface area is 174 Å². The molecule has 0 spiro atoms. The molecule has 0 saturated carbocycles. The number of rotatable bonds is 3. The van der Waals surface area contributed by atoms with Gasteiger partial charge in [-0.25, -0.2) is 0 Å². The summed E-state index contributed by atoms with van der Waals surface area (Å²) in [6.45, 7) is 59.4. The van der Waals surface area contributed by atoms with Crippen LogP contribution >= 0.6 is 0 Å². The first-order valence-electron chi connectivity index (χ1n) is 7.62. The first-order chi connectivity index (χ1) is 13.3. The van der Waals surface area contributed by atoms with Gasteiger partial charge in [-0.05, 0) is 13.8 Å². The Bertz CT molecular complexity index is 87.7. The highest BCUT2D eigenvalue weighted by Crippen LogP contribution is 1.64. The number of ether oxygens (including phenoxy) is 1. The zero-order chi connectivity index (χ0) is 25.5. The van der Waals surface area contributed by atoms with Crippen LogP contribution < -0.4 is 0 Å². The van der Waals surface area contributed by atoms with E-state index in [-0.39, 0.29) is 13.2 Å². The molecule has 0 saturated heterocycles. The standard InChI is InChI=1S/C4H10O.C2H6O2.9C2H4/c1-3-5-4-2;3-1-2-4;9*1-2/h3-4H2,1-2H3;3-4H,1-2H2;9*1-2H2. The van der Waals surface area contributed by atoms with E-state index in [1.165, 1.54) is 0 Å². The van der Waals surface area contributed by atoms with Gasteiger partial charge in [0.1, 0.15) is 0 Å². The summed E-state index contributed by atoms with van der Waals surface area (Å²) in [6, 6.07) is 0. The zero-order valence-electron chi connectivity index (χ0n) is 18.9. The van der Waals surface area contributed by atoms with Crippen LogP contribution in [0, 0.1) is 0 Å². The van der Waals surface area contributed by atoms with E-state index >= 15 is 0 Å². The third-order valence-electron chi connectivity index (χ3n) is 0.508. The molecule has 0 fully saturated rings. The van der Waals surface area contributed by atoms with E-state index in [0.717, 1.165) is 13.2 Å². The first kappa shape index (κ1) is 74.2. The molecule has 0 aromatic rings. The summed E-state index contributed by atoms with van der Waals surface area (Å²) < 4.78 is 4.83. The minimum absolute atomic E-state index is 0.125. The van der Waals surface area contributed by atoms with Gasteiger partial charge in [-0.2, -0.15) is 0 Å². The highest BCUT2D eigenvalue weighted by Gasteiger charge is 1.64.